The molecule has 0 saturated carbocycles. The van der Waals surface area contributed by atoms with Crippen LogP contribution >= 0.6 is 38.9 Å². The van der Waals surface area contributed by atoms with Crippen LogP contribution in [0.15, 0.2) is 10.5 Å². The van der Waals surface area contributed by atoms with Gasteiger partial charge in [0.15, 0.2) is 0 Å². The lowest BCUT2D eigenvalue weighted by Crippen LogP contribution is -2.42. The zero-order valence-corrected chi connectivity index (χ0v) is 14.0. The summed E-state index contributed by atoms with van der Waals surface area (Å²) in [5.41, 5.74) is 6.31. The van der Waals surface area contributed by atoms with Gasteiger partial charge >= 0.3 is 0 Å². The van der Waals surface area contributed by atoms with E-state index in [1.165, 1.54) is 11.3 Å². The second-order valence-electron chi connectivity index (χ2n) is 4.86. The number of carbonyl (C=O) groups excluding carboxylic acids is 1. The molecule has 0 bridgehead atoms. The molecular formula is C13H18BrClN2OS. The molecule has 0 aliphatic carbocycles. The first-order valence-electron chi connectivity index (χ1n) is 6.54. The minimum atomic E-state index is -0.0382. The number of nitrogens with zero attached hydrogens (tertiary/aromatic N) is 1. The van der Waals surface area contributed by atoms with Crippen LogP contribution in [-0.2, 0) is 4.79 Å². The highest BCUT2D eigenvalue weighted by atomic mass is 79.9. The fourth-order valence-electron chi connectivity index (χ4n) is 2.56. The van der Waals surface area contributed by atoms with Crippen molar-refractivity contribution in [2.75, 3.05) is 6.54 Å². The number of rotatable bonds is 3. The van der Waals surface area contributed by atoms with Crippen LogP contribution in [0.25, 0.3) is 0 Å². The Bertz CT molecular complexity index is 446. The fourth-order valence-corrected chi connectivity index (χ4v) is 4.48. The highest BCUT2D eigenvalue weighted by Gasteiger charge is 2.33. The van der Waals surface area contributed by atoms with Gasteiger partial charge in [0, 0.05) is 28.4 Å². The number of amides is 1. The van der Waals surface area contributed by atoms with Crippen molar-refractivity contribution in [2.24, 2.45) is 5.73 Å². The lowest BCUT2D eigenvalue weighted by molar-refractivity contribution is -0.133. The molecule has 2 rings (SSSR count). The first-order valence-corrected chi connectivity index (χ1v) is 8.53. The summed E-state index contributed by atoms with van der Waals surface area (Å²) in [6.07, 6.45) is 3.29. The zero-order chi connectivity index (χ0) is 14.0. The van der Waals surface area contributed by atoms with Crippen LogP contribution in [0.1, 0.15) is 43.5 Å². The van der Waals surface area contributed by atoms with Gasteiger partial charge in [0.05, 0.1) is 6.04 Å². The van der Waals surface area contributed by atoms with Gasteiger partial charge in [-0.2, -0.15) is 0 Å². The Morgan fingerprint density at radius 3 is 2.95 bits per heavy atom. The maximum Gasteiger partial charge on any atom is 0.223 e. The van der Waals surface area contributed by atoms with Crippen LogP contribution in [0.4, 0.5) is 0 Å². The maximum atomic E-state index is 12.3. The molecule has 3 nitrogen and oxygen atoms in total. The second-order valence-corrected chi connectivity index (χ2v) is 7.40. The minimum Gasteiger partial charge on any atom is -0.333 e. The van der Waals surface area contributed by atoms with Crippen molar-refractivity contribution < 1.29 is 4.79 Å². The Balaban J connectivity index is 2.36. The first kappa shape index (κ1) is 15.3. The van der Waals surface area contributed by atoms with E-state index in [4.69, 9.17) is 17.3 Å². The van der Waals surface area contributed by atoms with E-state index in [9.17, 15) is 4.79 Å². The topological polar surface area (TPSA) is 46.3 Å². The highest BCUT2D eigenvalue weighted by Crippen LogP contribution is 2.40. The SMILES string of the molecule is CCCN1C(=O)CCCC(N)C1c1cc(Br)c(Cl)s1. The number of hydrogen-bond acceptors (Lipinski definition) is 3. The molecule has 106 valence electrons. The largest absolute Gasteiger partial charge is 0.333 e. The van der Waals surface area contributed by atoms with E-state index in [1.807, 2.05) is 11.0 Å². The van der Waals surface area contributed by atoms with E-state index < -0.39 is 0 Å². The number of nitrogens with two attached hydrogens (primary N) is 1. The van der Waals surface area contributed by atoms with Crippen molar-refractivity contribution in [3.05, 3.63) is 19.8 Å². The van der Waals surface area contributed by atoms with Gasteiger partial charge in [-0.1, -0.05) is 18.5 Å². The molecule has 1 fully saturated rings. The van der Waals surface area contributed by atoms with Crippen molar-refractivity contribution in [1.82, 2.24) is 4.90 Å². The molecule has 2 N–H and O–H groups in total. The van der Waals surface area contributed by atoms with Crippen molar-refractivity contribution >= 4 is 44.8 Å². The van der Waals surface area contributed by atoms with E-state index in [2.05, 4.69) is 22.9 Å². The molecule has 0 aromatic carbocycles. The molecule has 2 heterocycles. The van der Waals surface area contributed by atoms with Crippen LogP contribution in [0.2, 0.25) is 4.34 Å². The second kappa shape index (κ2) is 6.57. The van der Waals surface area contributed by atoms with Crippen molar-refractivity contribution in [2.45, 2.75) is 44.7 Å². The van der Waals surface area contributed by atoms with Crippen molar-refractivity contribution in [3.63, 3.8) is 0 Å². The quantitative estimate of drug-likeness (QED) is 0.881. The number of likely N-dealkylation sites (tertiary alicyclic amines) is 1. The molecule has 1 aliphatic heterocycles. The van der Waals surface area contributed by atoms with Crippen molar-refractivity contribution in [1.29, 1.82) is 0 Å². The molecule has 1 saturated heterocycles. The average Bonchev–Trinajstić information content (AvgIpc) is 2.60. The summed E-state index contributed by atoms with van der Waals surface area (Å²) in [7, 11) is 0. The average molecular weight is 366 g/mol. The molecule has 0 spiro atoms. The van der Waals surface area contributed by atoms with Crippen LogP contribution in [0.3, 0.4) is 0 Å². The fraction of sp³-hybridized carbons (Fsp3) is 0.615. The predicted molar refractivity (Wildman–Crippen MR) is 83.6 cm³/mol. The predicted octanol–water partition coefficient (Wildman–Crippen LogP) is 3.95. The summed E-state index contributed by atoms with van der Waals surface area (Å²) in [6, 6.07) is 1.95. The summed E-state index contributed by atoms with van der Waals surface area (Å²) in [5, 5.41) is 0. The summed E-state index contributed by atoms with van der Waals surface area (Å²) in [5.74, 6) is 0.209. The molecular weight excluding hydrogens is 348 g/mol. The van der Waals surface area contributed by atoms with Gasteiger partial charge < -0.3 is 10.6 Å². The summed E-state index contributed by atoms with van der Waals surface area (Å²) in [4.78, 5) is 15.3. The van der Waals surface area contributed by atoms with Gasteiger partial charge in [-0.15, -0.1) is 11.3 Å². The normalized spacial score (nSPS) is 24.6. The molecule has 0 radical (unpaired) electrons. The molecule has 2 atom stereocenters. The lowest BCUT2D eigenvalue weighted by atomic mass is 10.0. The molecule has 6 heteroatoms. The third-order valence-corrected chi connectivity index (χ3v) is 5.96. The van der Waals surface area contributed by atoms with Gasteiger partial charge in [0.25, 0.3) is 0 Å². The molecule has 2 unspecified atom stereocenters. The minimum absolute atomic E-state index is 0.0142. The Hall–Kier alpha value is -0.100. The number of hydrogen-bond donors (Lipinski definition) is 1. The standard InChI is InChI=1S/C13H18BrClN2OS/c1-2-6-17-11(18)5-3-4-9(16)12(17)10-7-8(14)13(15)19-10/h7,9,12H,2-6,16H2,1H3. The van der Waals surface area contributed by atoms with Crippen LogP contribution < -0.4 is 5.73 Å². The highest BCUT2D eigenvalue weighted by molar-refractivity contribution is 9.10. The van der Waals surface area contributed by atoms with E-state index in [0.29, 0.717) is 6.42 Å². The van der Waals surface area contributed by atoms with Gasteiger partial charge in [0.1, 0.15) is 4.34 Å². The summed E-state index contributed by atoms with van der Waals surface area (Å²) < 4.78 is 1.60. The van der Waals surface area contributed by atoms with Gasteiger partial charge in [-0.05, 0) is 41.3 Å². The van der Waals surface area contributed by atoms with Gasteiger partial charge in [0.2, 0.25) is 5.91 Å². The molecule has 1 amide bonds. The van der Waals surface area contributed by atoms with Crippen LogP contribution in [-0.4, -0.2) is 23.4 Å². The van der Waals surface area contributed by atoms with Crippen LogP contribution in [0, 0.1) is 0 Å². The monoisotopic (exact) mass is 364 g/mol. The smallest absolute Gasteiger partial charge is 0.223 e. The molecule has 1 aromatic heterocycles. The molecule has 19 heavy (non-hydrogen) atoms. The van der Waals surface area contributed by atoms with E-state index >= 15 is 0 Å². The van der Waals surface area contributed by atoms with Crippen LogP contribution in [0.5, 0.6) is 0 Å². The molecule has 1 aliphatic rings. The Morgan fingerprint density at radius 1 is 1.63 bits per heavy atom. The maximum absolute atomic E-state index is 12.3. The van der Waals surface area contributed by atoms with Crippen molar-refractivity contribution in [3.8, 4) is 0 Å². The van der Waals surface area contributed by atoms with E-state index in [0.717, 1.165) is 39.5 Å². The van der Waals surface area contributed by atoms with Gasteiger partial charge in [-0.25, -0.2) is 0 Å². The summed E-state index contributed by atoms with van der Waals surface area (Å²) in [6.45, 7) is 2.84. The number of halogens is 2. The summed E-state index contributed by atoms with van der Waals surface area (Å²) >= 11 is 11.1. The number of carbonyl (C=O) groups is 1. The Labute approximate surface area is 131 Å². The van der Waals surface area contributed by atoms with E-state index in [1.54, 1.807) is 0 Å². The Morgan fingerprint density at radius 2 is 2.37 bits per heavy atom. The van der Waals surface area contributed by atoms with Gasteiger partial charge in [-0.3, -0.25) is 4.79 Å². The molecule has 1 aromatic rings. The Kier molecular flexibility index (Phi) is 5.29. The van der Waals surface area contributed by atoms with E-state index in [-0.39, 0.29) is 18.0 Å². The number of thiophene rings is 1. The lowest BCUT2D eigenvalue weighted by Gasteiger charge is -2.32. The third-order valence-electron chi connectivity index (χ3n) is 3.41. The third kappa shape index (κ3) is 3.32. The first-order chi connectivity index (χ1) is 9.04. The zero-order valence-electron chi connectivity index (χ0n) is 10.9.